The van der Waals surface area contributed by atoms with Crippen LogP contribution in [0.4, 0.5) is 35.1 Å². The summed E-state index contributed by atoms with van der Waals surface area (Å²) in [6.45, 7) is 0. The van der Waals surface area contributed by atoms with Crippen molar-refractivity contribution in [2.24, 2.45) is 0 Å². The molecule has 120 valence electrons. The molecule has 22 heavy (non-hydrogen) atoms. The van der Waals surface area contributed by atoms with Crippen LogP contribution in [0.25, 0.3) is 11.3 Å². The second kappa shape index (κ2) is 4.92. The average molecular weight is 331 g/mol. The third kappa shape index (κ3) is 2.88. The topological polar surface area (TPSA) is 30.7 Å². The second-order valence-corrected chi connectivity index (χ2v) is 4.16. The molecule has 0 fully saturated rings. The molecule has 0 unspecified atom stereocenters. The van der Waals surface area contributed by atoms with Gasteiger partial charge in [-0.2, -0.15) is 39.8 Å². The Morgan fingerprint density at radius 2 is 1.36 bits per heavy atom. The molecule has 0 spiro atoms. The summed E-state index contributed by atoms with van der Waals surface area (Å²) < 4.78 is 98.8. The molecule has 0 N–H and O–H groups in total. The zero-order valence-corrected chi connectivity index (χ0v) is 10.3. The maximum Gasteiger partial charge on any atom is 0.477 e. The van der Waals surface area contributed by atoms with Gasteiger partial charge in [-0.15, -0.1) is 5.10 Å². The number of rotatable bonds is 2. The van der Waals surface area contributed by atoms with Gasteiger partial charge in [0.15, 0.2) is 0 Å². The number of nitrogens with zero attached hydrogens (tertiary/aromatic N) is 3. The lowest BCUT2D eigenvalue weighted by Crippen LogP contribution is -2.40. The summed E-state index contributed by atoms with van der Waals surface area (Å²) in [6, 6.07) is -2.19. The van der Waals surface area contributed by atoms with E-state index in [1.807, 2.05) is 0 Å². The van der Waals surface area contributed by atoms with Crippen LogP contribution in [0.2, 0.25) is 0 Å². The largest absolute Gasteiger partial charge is 0.477 e. The van der Waals surface area contributed by atoms with Crippen LogP contribution in [0.3, 0.4) is 0 Å². The standard InChI is InChI=1S/C11H5F8N3/c12-9(13,14)7-3-1-6(2-4-7)8-5-22(21-20-8)11(18,19)10(15,16)17/h1-5H. The van der Waals surface area contributed by atoms with Gasteiger partial charge in [-0.25, -0.2) is 0 Å². The number of hydrogen-bond donors (Lipinski definition) is 0. The number of hydrogen-bond acceptors (Lipinski definition) is 2. The van der Waals surface area contributed by atoms with Crippen LogP contribution < -0.4 is 0 Å². The van der Waals surface area contributed by atoms with Gasteiger partial charge >= 0.3 is 18.4 Å². The lowest BCUT2D eigenvalue weighted by molar-refractivity contribution is -0.328. The quantitative estimate of drug-likeness (QED) is 0.777. The molecule has 0 aliphatic rings. The smallest absolute Gasteiger partial charge is 0.180 e. The Morgan fingerprint density at radius 3 is 1.82 bits per heavy atom. The molecule has 1 aromatic heterocycles. The number of benzene rings is 1. The molecule has 0 saturated carbocycles. The van der Waals surface area contributed by atoms with Gasteiger partial charge in [0.05, 0.1) is 11.8 Å². The first-order valence-electron chi connectivity index (χ1n) is 5.48. The van der Waals surface area contributed by atoms with Crippen molar-refractivity contribution < 1.29 is 35.1 Å². The SMILES string of the molecule is FC(F)(F)c1ccc(-c2cn(C(F)(F)C(F)(F)F)nn2)cc1. The predicted molar refractivity (Wildman–Crippen MR) is 56.7 cm³/mol. The van der Waals surface area contributed by atoms with Crippen LogP contribution in [-0.4, -0.2) is 21.2 Å². The third-order valence-corrected chi connectivity index (χ3v) is 2.63. The van der Waals surface area contributed by atoms with Gasteiger partial charge in [0.2, 0.25) is 0 Å². The van der Waals surface area contributed by atoms with E-state index in [0.29, 0.717) is 18.3 Å². The van der Waals surface area contributed by atoms with Crippen LogP contribution >= 0.6 is 0 Å². The van der Waals surface area contributed by atoms with E-state index >= 15 is 0 Å². The average Bonchev–Trinajstić information content (AvgIpc) is 2.86. The van der Waals surface area contributed by atoms with Gasteiger partial charge in [0.1, 0.15) is 5.69 Å². The summed E-state index contributed by atoms with van der Waals surface area (Å²) >= 11 is 0. The van der Waals surface area contributed by atoms with Crippen LogP contribution in [0.5, 0.6) is 0 Å². The Balaban J connectivity index is 2.33. The number of aromatic nitrogens is 3. The summed E-state index contributed by atoms with van der Waals surface area (Å²) in [5.41, 5.74) is -1.50. The fourth-order valence-corrected chi connectivity index (χ4v) is 1.49. The van der Waals surface area contributed by atoms with Crippen LogP contribution in [0.1, 0.15) is 5.56 Å². The summed E-state index contributed by atoms with van der Waals surface area (Å²) in [6.07, 6.45) is -10.2. The Morgan fingerprint density at radius 1 is 0.818 bits per heavy atom. The Hall–Kier alpha value is -2.20. The fraction of sp³-hybridized carbons (Fsp3) is 0.273. The molecule has 2 rings (SSSR count). The molecular weight excluding hydrogens is 326 g/mol. The van der Waals surface area contributed by atoms with E-state index in [9.17, 15) is 35.1 Å². The van der Waals surface area contributed by atoms with Crippen LogP contribution in [0.15, 0.2) is 30.5 Å². The first-order valence-corrected chi connectivity index (χ1v) is 5.48. The predicted octanol–water partition coefficient (Wildman–Crippen LogP) is 4.08. The number of alkyl halides is 8. The molecule has 1 aromatic carbocycles. The van der Waals surface area contributed by atoms with Gasteiger partial charge < -0.3 is 0 Å². The maximum atomic E-state index is 13.0. The highest BCUT2D eigenvalue weighted by Crippen LogP contribution is 2.39. The van der Waals surface area contributed by atoms with E-state index in [1.54, 1.807) is 0 Å². The summed E-state index contributed by atoms with van der Waals surface area (Å²) in [7, 11) is 0. The van der Waals surface area contributed by atoms with E-state index < -0.39 is 34.3 Å². The highest BCUT2D eigenvalue weighted by atomic mass is 19.4. The minimum Gasteiger partial charge on any atom is -0.180 e. The van der Waals surface area contributed by atoms with E-state index in [4.69, 9.17) is 0 Å². The highest BCUT2D eigenvalue weighted by Gasteiger charge is 2.60. The van der Waals surface area contributed by atoms with E-state index in [1.165, 1.54) is 0 Å². The summed E-state index contributed by atoms with van der Waals surface area (Å²) in [5, 5.41) is 5.79. The van der Waals surface area contributed by atoms with E-state index in [-0.39, 0.29) is 5.56 Å². The second-order valence-electron chi connectivity index (χ2n) is 4.16. The molecule has 2 aromatic rings. The Bertz CT molecular complexity index is 653. The van der Waals surface area contributed by atoms with Crippen molar-refractivity contribution >= 4 is 0 Å². The van der Waals surface area contributed by atoms with Crippen molar-refractivity contribution in [1.82, 2.24) is 15.0 Å². The minimum atomic E-state index is -5.88. The van der Waals surface area contributed by atoms with Crippen molar-refractivity contribution in [2.45, 2.75) is 18.4 Å². The van der Waals surface area contributed by atoms with Gasteiger partial charge in [0.25, 0.3) is 0 Å². The maximum absolute atomic E-state index is 13.0. The first kappa shape index (κ1) is 16.2. The van der Waals surface area contributed by atoms with Crippen molar-refractivity contribution in [1.29, 1.82) is 0 Å². The normalized spacial score (nSPS) is 13.5. The van der Waals surface area contributed by atoms with Gasteiger partial charge in [-0.05, 0) is 12.1 Å². The Labute approximate surface area is 117 Å². The molecule has 0 aliphatic carbocycles. The van der Waals surface area contributed by atoms with Crippen molar-refractivity contribution in [3.05, 3.63) is 36.0 Å². The Kier molecular flexibility index (Phi) is 3.62. The zero-order chi connectivity index (χ0) is 16.8. The highest BCUT2D eigenvalue weighted by molar-refractivity contribution is 5.58. The van der Waals surface area contributed by atoms with Gasteiger partial charge in [0, 0.05) is 5.56 Å². The van der Waals surface area contributed by atoms with Gasteiger partial charge in [-0.1, -0.05) is 17.3 Å². The van der Waals surface area contributed by atoms with Crippen LogP contribution in [0, 0.1) is 0 Å². The van der Waals surface area contributed by atoms with Crippen molar-refractivity contribution in [2.75, 3.05) is 0 Å². The van der Waals surface area contributed by atoms with Crippen molar-refractivity contribution in [3.8, 4) is 11.3 Å². The first-order chi connectivity index (χ1) is 9.93. The summed E-state index contributed by atoms with van der Waals surface area (Å²) in [5.74, 6) is 0. The lowest BCUT2D eigenvalue weighted by atomic mass is 10.1. The van der Waals surface area contributed by atoms with E-state index in [2.05, 4.69) is 10.3 Å². The van der Waals surface area contributed by atoms with Gasteiger partial charge in [-0.3, -0.25) is 0 Å². The lowest BCUT2D eigenvalue weighted by Gasteiger charge is -2.18. The minimum absolute atomic E-state index is 0.0859. The molecule has 11 heteroatoms. The molecule has 3 nitrogen and oxygen atoms in total. The monoisotopic (exact) mass is 331 g/mol. The van der Waals surface area contributed by atoms with Crippen molar-refractivity contribution in [3.63, 3.8) is 0 Å². The summed E-state index contributed by atoms with van der Waals surface area (Å²) in [4.78, 5) is 0. The number of halogens is 8. The molecule has 0 radical (unpaired) electrons. The molecule has 0 atom stereocenters. The molecule has 0 amide bonds. The molecule has 1 heterocycles. The molecule has 0 saturated heterocycles. The van der Waals surface area contributed by atoms with Crippen LogP contribution in [-0.2, 0) is 12.2 Å². The molecule has 0 aliphatic heterocycles. The molecule has 0 bridgehead atoms. The molecular formula is C11H5F8N3. The van der Waals surface area contributed by atoms with E-state index in [0.717, 1.165) is 12.1 Å². The zero-order valence-electron chi connectivity index (χ0n) is 10.3. The third-order valence-electron chi connectivity index (χ3n) is 2.63. The fourth-order valence-electron chi connectivity index (χ4n) is 1.49.